The van der Waals surface area contributed by atoms with Crippen molar-refractivity contribution in [1.82, 2.24) is 4.90 Å². The van der Waals surface area contributed by atoms with Crippen LogP contribution in [0.25, 0.3) is 0 Å². The van der Waals surface area contributed by atoms with Gasteiger partial charge in [-0.2, -0.15) is 13.2 Å². The van der Waals surface area contributed by atoms with Crippen LogP contribution in [0.5, 0.6) is 0 Å². The number of alkyl halides is 3. The van der Waals surface area contributed by atoms with Gasteiger partial charge in [-0.05, 0) is 44.0 Å². The summed E-state index contributed by atoms with van der Waals surface area (Å²) >= 11 is 0. The Morgan fingerprint density at radius 2 is 1.95 bits per heavy atom. The Labute approximate surface area is 130 Å². The normalized spacial score (nSPS) is 22.4. The van der Waals surface area contributed by atoms with Crippen molar-refractivity contribution >= 4 is 0 Å². The lowest BCUT2D eigenvalue weighted by Gasteiger charge is -2.38. The second-order valence-corrected chi connectivity index (χ2v) is 6.09. The Bertz CT molecular complexity index is 527. The number of rotatable bonds is 5. The van der Waals surface area contributed by atoms with Gasteiger partial charge in [0.2, 0.25) is 0 Å². The van der Waals surface area contributed by atoms with Crippen LogP contribution < -0.4 is 0 Å². The minimum Gasteiger partial charge on any atom is -0.377 e. The molecule has 0 saturated heterocycles. The molecular formula is C17H24F3NO. The number of fused-ring (bicyclic) bond motifs is 1. The lowest BCUT2D eigenvalue weighted by atomic mass is 9.86. The van der Waals surface area contributed by atoms with E-state index in [9.17, 15) is 13.2 Å². The van der Waals surface area contributed by atoms with Gasteiger partial charge in [0.25, 0.3) is 0 Å². The van der Waals surface area contributed by atoms with Crippen LogP contribution in [0.2, 0.25) is 0 Å². The predicted molar refractivity (Wildman–Crippen MR) is 80.6 cm³/mol. The summed E-state index contributed by atoms with van der Waals surface area (Å²) in [6.07, 6.45) is -3.54. The van der Waals surface area contributed by atoms with Gasteiger partial charge in [-0.3, -0.25) is 4.90 Å². The minimum absolute atomic E-state index is 0.0528. The molecule has 0 aliphatic carbocycles. The van der Waals surface area contributed by atoms with E-state index in [4.69, 9.17) is 4.74 Å². The van der Waals surface area contributed by atoms with Crippen LogP contribution in [-0.4, -0.2) is 24.2 Å². The Hall–Kier alpha value is -1.07. The van der Waals surface area contributed by atoms with Gasteiger partial charge in [-0.25, -0.2) is 0 Å². The lowest BCUT2D eigenvalue weighted by molar-refractivity contribution is -0.138. The molecule has 1 aromatic carbocycles. The third kappa shape index (κ3) is 2.88. The molecule has 1 atom stereocenters. The van der Waals surface area contributed by atoms with Gasteiger partial charge >= 0.3 is 6.18 Å². The molecule has 0 N–H and O–H groups in total. The van der Waals surface area contributed by atoms with Crippen molar-refractivity contribution in [2.24, 2.45) is 0 Å². The second-order valence-electron chi connectivity index (χ2n) is 6.09. The molecule has 0 amide bonds. The maximum absolute atomic E-state index is 13.3. The highest BCUT2D eigenvalue weighted by atomic mass is 19.4. The number of hydrogen-bond donors (Lipinski definition) is 0. The summed E-state index contributed by atoms with van der Waals surface area (Å²) in [7, 11) is 0. The molecule has 1 aromatic rings. The molecule has 0 radical (unpaired) electrons. The van der Waals surface area contributed by atoms with Crippen LogP contribution >= 0.6 is 0 Å². The number of benzene rings is 1. The molecular weight excluding hydrogens is 291 g/mol. The first-order valence-corrected chi connectivity index (χ1v) is 7.82. The number of ether oxygens (including phenoxy) is 1. The Balaban J connectivity index is 2.53. The molecule has 1 heterocycles. The van der Waals surface area contributed by atoms with E-state index in [2.05, 4.69) is 4.90 Å². The van der Waals surface area contributed by atoms with Gasteiger partial charge in [-0.15, -0.1) is 0 Å². The van der Waals surface area contributed by atoms with Gasteiger partial charge < -0.3 is 4.74 Å². The summed E-state index contributed by atoms with van der Waals surface area (Å²) in [5.41, 5.74) is 0.206. The van der Waals surface area contributed by atoms with E-state index in [-0.39, 0.29) is 6.10 Å². The summed E-state index contributed by atoms with van der Waals surface area (Å²) < 4.78 is 45.7. The maximum atomic E-state index is 13.3. The number of hydrogen-bond acceptors (Lipinski definition) is 2. The number of likely N-dealkylation sites (N-methyl/N-ethyl adjacent to an activating group) is 1. The molecule has 0 saturated carbocycles. The van der Waals surface area contributed by atoms with Crippen LogP contribution in [0.1, 0.15) is 50.8 Å². The van der Waals surface area contributed by atoms with Crippen LogP contribution in [0.4, 0.5) is 13.2 Å². The van der Waals surface area contributed by atoms with Crippen molar-refractivity contribution in [3.63, 3.8) is 0 Å². The molecule has 1 aliphatic rings. The zero-order valence-corrected chi connectivity index (χ0v) is 13.6. The first kappa shape index (κ1) is 17.3. The third-order valence-corrected chi connectivity index (χ3v) is 4.56. The summed E-state index contributed by atoms with van der Waals surface area (Å²) in [6, 6.07) is 4.52. The van der Waals surface area contributed by atoms with Gasteiger partial charge in [0.1, 0.15) is 0 Å². The first-order valence-electron chi connectivity index (χ1n) is 7.82. The SMILES string of the molecule is CCN1Cc2c(C(F)(F)F)cccc2C1(CC)COC(C)C. The standard InChI is InChI=1S/C17H24F3NO/c1-5-16(11-22-12(3)4)14-8-7-9-15(17(18,19)20)13(14)10-21(16)6-2/h7-9,12H,5-6,10-11H2,1-4H3. The topological polar surface area (TPSA) is 12.5 Å². The fourth-order valence-electron chi connectivity index (χ4n) is 3.38. The van der Waals surface area contributed by atoms with Gasteiger partial charge in [-0.1, -0.05) is 26.0 Å². The van der Waals surface area contributed by atoms with E-state index in [1.54, 1.807) is 0 Å². The summed E-state index contributed by atoms with van der Waals surface area (Å²) in [5.74, 6) is 0. The van der Waals surface area contributed by atoms with E-state index in [0.29, 0.717) is 25.3 Å². The maximum Gasteiger partial charge on any atom is 0.416 e. The fraction of sp³-hybridized carbons (Fsp3) is 0.647. The molecule has 1 unspecified atom stereocenters. The highest BCUT2D eigenvalue weighted by Crippen LogP contribution is 2.46. The lowest BCUT2D eigenvalue weighted by Crippen LogP contribution is -2.44. The van der Waals surface area contributed by atoms with Crippen molar-refractivity contribution in [1.29, 1.82) is 0 Å². The van der Waals surface area contributed by atoms with E-state index in [1.165, 1.54) is 12.1 Å². The summed E-state index contributed by atoms with van der Waals surface area (Å²) in [5, 5.41) is 0. The molecule has 124 valence electrons. The Morgan fingerprint density at radius 1 is 1.27 bits per heavy atom. The van der Waals surface area contributed by atoms with Gasteiger partial charge in [0.15, 0.2) is 0 Å². The van der Waals surface area contributed by atoms with Gasteiger partial charge in [0, 0.05) is 6.54 Å². The summed E-state index contributed by atoms with van der Waals surface area (Å²) in [4.78, 5) is 2.11. The predicted octanol–water partition coefficient (Wildman–Crippen LogP) is 4.57. The smallest absolute Gasteiger partial charge is 0.377 e. The van der Waals surface area contributed by atoms with Crippen LogP contribution in [-0.2, 0) is 23.0 Å². The molecule has 0 spiro atoms. The Kier molecular flexibility index (Phi) is 4.87. The molecule has 2 nitrogen and oxygen atoms in total. The number of nitrogens with zero attached hydrogens (tertiary/aromatic N) is 1. The molecule has 2 rings (SSSR count). The van der Waals surface area contributed by atoms with Crippen molar-refractivity contribution in [2.75, 3.05) is 13.2 Å². The van der Waals surface area contributed by atoms with E-state index in [1.807, 2.05) is 33.8 Å². The zero-order valence-electron chi connectivity index (χ0n) is 13.6. The van der Waals surface area contributed by atoms with Crippen LogP contribution in [0, 0.1) is 0 Å². The van der Waals surface area contributed by atoms with Crippen LogP contribution in [0.15, 0.2) is 18.2 Å². The highest BCUT2D eigenvalue weighted by Gasteiger charge is 2.47. The van der Waals surface area contributed by atoms with E-state index >= 15 is 0 Å². The largest absolute Gasteiger partial charge is 0.416 e. The first-order chi connectivity index (χ1) is 10.3. The van der Waals surface area contributed by atoms with Crippen molar-refractivity contribution in [3.8, 4) is 0 Å². The van der Waals surface area contributed by atoms with Gasteiger partial charge in [0.05, 0.1) is 23.8 Å². The van der Waals surface area contributed by atoms with Crippen molar-refractivity contribution in [3.05, 3.63) is 34.9 Å². The van der Waals surface area contributed by atoms with Crippen molar-refractivity contribution < 1.29 is 17.9 Å². The zero-order chi connectivity index (χ0) is 16.5. The van der Waals surface area contributed by atoms with Crippen molar-refractivity contribution in [2.45, 2.75) is 58.5 Å². The van der Waals surface area contributed by atoms with Crippen LogP contribution in [0.3, 0.4) is 0 Å². The molecule has 1 aliphatic heterocycles. The molecule has 0 fully saturated rings. The summed E-state index contributed by atoms with van der Waals surface area (Å²) in [6.45, 7) is 9.34. The average Bonchev–Trinajstić information content (AvgIpc) is 2.77. The average molecular weight is 315 g/mol. The van der Waals surface area contributed by atoms with E-state index < -0.39 is 17.3 Å². The fourth-order valence-corrected chi connectivity index (χ4v) is 3.38. The highest BCUT2D eigenvalue weighted by molar-refractivity contribution is 5.45. The second kappa shape index (κ2) is 6.20. The molecule has 0 bridgehead atoms. The molecule has 5 heteroatoms. The molecule has 0 aromatic heterocycles. The number of halogens is 3. The molecule has 22 heavy (non-hydrogen) atoms. The minimum atomic E-state index is -4.31. The quantitative estimate of drug-likeness (QED) is 0.789. The Morgan fingerprint density at radius 3 is 2.45 bits per heavy atom. The van der Waals surface area contributed by atoms with E-state index in [0.717, 1.165) is 12.0 Å². The monoisotopic (exact) mass is 315 g/mol. The third-order valence-electron chi connectivity index (χ3n) is 4.56.